The van der Waals surface area contributed by atoms with E-state index in [9.17, 15) is 0 Å². The summed E-state index contributed by atoms with van der Waals surface area (Å²) in [6.45, 7) is 6.83. The minimum Gasteiger partial charge on any atom is -0.307 e. The largest absolute Gasteiger partial charge is 0.307 e. The number of hydrogen-bond donors (Lipinski definition) is 1. The van der Waals surface area contributed by atoms with Gasteiger partial charge in [-0.1, -0.05) is 51.0 Å². The smallest absolute Gasteiger partial charge is 0.0294 e. The van der Waals surface area contributed by atoms with Gasteiger partial charge in [0.1, 0.15) is 0 Å². The Morgan fingerprint density at radius 3 is 2.50 bits per heavy atom. The summed E-state index contributed by atoms with van der Waals surface area (Å²) < 4.78 is 0. The Morgan fingerprint density at radius 2 is 1.89 bits per heavy atom. The maximum atomic E-state index is 3.83. The number of nitrogens with one attached hydrogen (secondary N) is 1. The van der Waals surface area contributed by atoms with Gasteiger partial charge < -0.3 is 5.32 Å². The molecule has 1 heteroatoms. The molecule has 1 saturated carbocycles. The van der Waals surface area contributed by atoms with Crippen LogP contribution in [0.5, 0.6) is 0 Å². The normalized spacial score (nSPS) is 25.3. The zero-order valence-electron chi connectivity index (χ0n) is 12.1. The maximum absolute atomic E-state index is 3.83. The Balaban J connectivity index is 1.95. The third-order valence-electron chi connectivity index (χ3n) is 4.54. The Labute approximate surface area is 112 Å². The van der Waals surface area contributed by atoms with Gasteiger partial charge in [-0.05, 0) is 43.2 Å². The lowest BCUT2D eigenvalue weighted by atomic mass is 9.98. The fourth-order valence-corrected chi connectivity index (χ4v) is 3.20. The van der Waals surface area contributed by atoms with Gasteiger partial charge in [-0.2, -0.15) is 0 Å². The maximum Gasteiger partial charge on any atom is 0.0294 e. The van der Waals surface area contributed by atoms with Crippen molar-refractivity contribution in [2.24, 2.45) is 5.92 Å². The third kappa shape index (κ3) is 3.14. The van der Waals surface area contributed by atoms with Gasteiger partial charge in [-0.3, -0.25) is 0 Å². The van der Waals surface area contributed by atoms with Crippen molar-refractivity contribution in [2.75, 3.05) is 0 Å². The molecule has 2 rings (SSSR count). The minimum absolute atomic E-state index is 0.480. The molecule has 0 spiro atoms. The minimum atomic E-state index is 0.480. The Hall–Kier alpha value is -0.820. The SMILES string of the molecule is CCc1ccc(C(C)NC2CCCC2CC)cc1. The fourth-order valence-electron chi connectivity index (χ4n) is 3.20. The standard InChI is InChI=1S/C17H27N/c1-4-14-9-11-16(12-10-14)13(3)18-17-8-6-7-15(17)5-2/h9-13,15,17-18H,4-8H2,1-3H3. The molecule has 0 aromatic heterocycles. The predicted octanol–water partition coefficient (Wildman–Crippen LogP) is 4.48. The van der Waals surface area contributed by atoms with Crippen LogP contribution in [-0.2, 0) is 6.42 Å². The molecule has 0 heterocycles. The van der Waals surface area contributed by atoms with Crippen LogP contribution in [-0.4, -0.2) is 6.04 Å². The first-order chi connectivity index (χ1) is 8.74. The van der Waals surface area contributed by atoms with Crippen LogP contribution in [0.1, 0.15) is 63.6 Å². The molecule has 1 nitrogen and oxygen atoms in total. The second-order valence-corrected chi connectivity index (χ2v) is 5.69. The van der Waals surface area contributed by atoms with Crippen LogP contribution in [0.2, 0.25) is 0 Å². The van der Waals surface area contributed by atoms with Crippen molar-refractivity contribution in [3.8, 4) is 0 Å². The second kappa shape index (κ2) is 6.38. The monoisotopic (exact) mass is 245 g/mol. The lowest BCUT2D eigenvalue weighted by Gasteiger charge is -2.24. The molecule has 1 aromatic rings. The number of rotatable bonds is 5. The molecule has 1 aliphatic carbocycles. The van der Waals surface area contributed by atoms with Crippen LogP contribution in [0.4, 0.5) is 0 Å². The van der Waals surface area contributed by atoms with Crippen LogP contribution < -0.4 is 5.32 Å². The summed E-state index contributed by atoms with van der Waals surface area (Å²) in [5.74, 6) is 0.891. The van der Waals surface area contributed by atoms with Gasteiger partial charge in [0.2, 0.25) is 0 Å². The van der Waals surface area contributed by atoms with Crippen molar-refractivity contribution < 1.29 is 0 Å². The van der Waals surface area contributed by atoms with Crippen molar-refractivity contribution >= 4 is 0 Å². The molecule has 1 aliphatic rings. The molecule has 3 atom stereocenters. The van der Waals surface area contributed by atoms with E-state index in [4.69, 9.17) is 0 Å². The molecule has 1 N–H and O–H groups in total. The summed E-state index contributed by atoms with van der Waals surface area (Å²) in [6.07, 6.45) is 6.62. The molecule has 100 valence electrons. The van der Waals surface area contributed by atoms with Crippen molar-refractivity contribution in [2.45, 2.75) is 65.0 Å². The average Bonchev–Trinajstić information content (AvgIpc) is 2.86. The first-order valence-electron chi connectivity index (χ1n) is 7.59. The van der Waals surface area contributed by atoms with E-state index in [0.717, 1.165) is 18.4 Å². The van der Waals surface area contributed by atoms with E-state index in [1.807, 2.05) is 0 Å². The Morgan fingerprint density at radius 1 is 1.17 bits per heavy atom. The molecular weight excluding hydrogens is 218 g/mol. The first-order valence-corrected chi connectivity index (χ1v) is 7.59. The number of aryl methyl sites for hydroxylation is 1. The summed E-state index contributed by atoms with van der Waals surface area (Å²) in [4.78, 5) is 0. The molecule has 18 heavy (non-hydrogen) atoms. The molecule has 1 fully saturated rings. The van der Waals surface area contributed by atoms with Crippen molar-refractivity contribution in [3.05, 3.63) is 35.4 Å². The van der Waals surface area contributed by atoms with Gasteiger partial charge >= 0.3 is 0 Å². The van der Waals surface area contributed by atoms with Crippen molar-refractivity contribution in [1.29, 1.82) is 0 Å². The summed E-state index contributed by atoms with van der Waals surface area (Å²) in [6, 6.07) is 10.3. The van der Waals surface area contributed by atoms with E-state index in [-0.39, 0.29) is 0 Å². The topological polar surface area (TPSA) is 12.0 Å². The van der Waals surface area contributed by atoms with Crippen LogP contribution >= 0.6 is 0 Å². The van der Waals surface area contributed by atoms with Gasteiger partial charge in [0, 0.05) is 12.1 Å². The zero-order chi connectivity index (χ0) is 13.0. The Bertz CT molecular complexity index is 354. The lowest BCUT2D eigenvalue weighted by molar-refractivity contribution is 0.360. The van der Waals surface area contributed by atoms with E-state index < -0.39 is 0 Å². The molecule has 0 aliphatic heterocycles. The molecule has 0 amide bonds. The summed E-state index contributed by atoms with van der Waals surface area (Å²) in [5, 5.41) is 3.83. The highest BCUT2D eigenvalue weighted by Gasteiger charge is 2.26. The summed E-state index contributed by atoms with van der Waals surface area (Å²) >= 11 is 0. The summed E-state index contributed by atoms with van der Waals surface area (Å²) in [7, 11) is 0. The number of hydrogen-bond acceptors (Lipinski definition) is 1. The van der Waals surface area contributed by atoms with E-state index in [2.05, 4.69) is 50.4 Å². The van der Waals surface area contributed by atoms with E-state index in [1.54, 1.807) is 0 Å². The highest BCUT2D eigenvalue weighted by Crippen LogP contribution is 2.30. The Kier molecular flexibility index (Phi) is 4.82. The zero-order valence-corrected chi connectivity index (χ0v) is 12.1. The van der Waals surface area contributed by atoms with Gasteiger partial charge in [0.15, 0.2) is 0 Å². The summed E-state index contributed by atoms with van der Waals surface area (Å²) in [5.41, 5.74) is 2.85. The van der Waals surface area contributed by atoms with Gasteiger partial charge in [-0.15, -0.1) is 0 Å². The third-order valence-corrected chi connectivity index (χ3v) is 4.54. The molecular formula is C17H27N. The van der Waals surface area contributed by atoms with Gasteiger partial charge in [-0.25, -0.2) is 0 Å². The van der Waals surface area contributed by atoms with Crippen LogP contribution in [0.15, 0.2) is 24.3 Å². The molecule has 3 unspecified atom stereocenters. The van der Waals surface area contributed by atoms with Crippen LogP contribution in [0.25, 0.3) is 0 Å². The molecule has 1 aromatic carbocycles. The van der Waals surface area contributed by atoms with E-state index in [1.165, 1.54) is 36.8 Å². The van der Waals surface area contributed by atoms with Crippen molar-refractivity contribution in [1.82, 2.24) is 5.32 Å². The fraction of sp³-hybridized carbons (Fsp3) is 0.647. The first kappa shape index (κ1) is 13.6. The van der Waals surface area contributed by atoms with E-state index >= 15 is 0 Å². The van der Waals surface area contributed by atoms with Crippen molar-refractivity contribution in [3.63, 3.8) is 0 Å². The lowest BCUT2D eigenvalue weighted by Crippen LogP contribution is -2.34. The quantitative estimate of drug-likeness (QED) is 0.806. The second-order valence-electron chi connectivity index (χ2n) is 5.69. The van der Waals surface area contributed by atoms with Crippen LogP contribution in [0, 0.1) is 5.92 Å². The van der Waals surface area contributed by atoms with Gasteiger partial charge in [0.25, 0.3) is 0 Å². The highest BCUT2D eigenvalue weighted by molar-refractivity contribution is 5.24. The van der Waals surface area contributed by atoms with E-state index in [0.29, 0.717) is 6.04 Å². The predicted molar refractivity (Wildman–Crippen MR) is 78.8 cm³/mol. The average molecular weight is 245 g/mol. The van der Waals surface area contributed by atoms with Gasteiger partial charge in [0.05, 0.1) is 0 Å². The molecule has 0 saturated heterocycles. The van der Waals surface area contributed by atoms with Crippen LogP contribution in [0.3, 0.4) is 0 Å². The molecule has 0 bridgehead atoms. The number of benzene rings is 1. The molecule has 0 radical (unpaired) electrons. The highest BCUT2D eigenvalue weighted by atomic mass is 15.0.